The number of hydrogen-bond donors (Lipinski definition) is 2. The summed E-state index contributed by atoms with van der Waals surface area (Å²) in [5.74, 6) is 0. The topological polar surface area (TPSA) is 55.1 Å². The van der Waals surface area contributed by atoms with Crippen LogP contribution in [-0.4, -0.2) is 32.1 Å². The third-order valence-electron chi connectivity index (χ3n) is 1.21. The van der Waals surface area contributed by atoms with Gasteiger partial charge in [0.25, 0.3) is 0 Å². The van der Waals surface area contributed by atoms with E-state index in [0.29, 0.717) is 0 Å². The van der Waals surface area contributed by atoms with Gasteiger partial charge >= 0.3 is 59.6 Å². The van der Waals surface area contributed by atoms with E-state index in [9.17, 15) is 9.18 Å². The second-order valence-electron chi connectivity index (χ2n) is 2.73. The molecule has 0 unspecified atom stereocenters. The summed E-state index contributed by atoms with van der Waals surface area (Å²) in [6.45, 7) is 3.42. The van der Waals surface area contributed by atoms with Gasteiger partial charge in [-0.2, -0.15) is 0 Å². The zero-order valence-corrected chi connectivity index (χ0v) is 7.28. The number of nitrogens with two attached hydrogens (primary N) is 1. The number of carbonyl (C=O) groups excluding carboxylic acids is 1. The van der Waals surface area contributed by atoms with Crippen LogP contribution in [0.2, 0.25) is 0 Å². The van der Waals surface area contributed by atoms with Gasteiger partial charge in [0.05, 0.1) is 0 Å². The molecule has 0 rings (SSSR count). The standard InChI is InChI=1S/C5H14FN2OP/c1-10(2,3-6)5(9)8-4-7/h10H,3-4,7H2,1-2H3,(H,8,9). The summed E-state index contributed by atoms with van der Waals surface area (Å²) in [5, 5.41) is 2.40. The van der Waals surface area contributed by atoms with Crippen molar-refractivity contribution in [2.24, 2.45) is 5.73 Å². The molecule has 0 atom stereocenters. The number of amides is 1. The molecule has 5 heteroatoms. The van der Waals surface area contributed by atoms with Crippen molar-refractivity contribution in [2.75, 3.05) is 26.4 Å². The minimum absolute atomic E-state index is 0.0925. The van der Waals surface area contributed by atoms with E-state index in [2.05, 4.69) is 5.32 Å². The van der Waals surface area contributed by atoms with Gasteiger partial charge in [0, 0.05) is 0 Å². The molecule has 0 aromatic rings. The normalized spacial score (nSPS) is 12.8. The SMILES string of the molecule is C[PH](C)(CF)C(=O)NCN. The van der Waals surface area contributed by atoms with E-state index in [1.807, 2.05) is 0 Å². The fourth-order valence-electron chi connectivity index (χ4n) is 0.393. The Morgan fingerprint density at radius 1 is 1.70 bits per heavy atom. The van der Waals surface area contributed by atoms with Crippen LogP contribution in [0.1, 0.15) is 0 Å². The first-order chi connectivity index (χ1) is 4.54. The van der Waals surface area contributed by atoms with Crippen molar-refractivity contribution in [3.8, 4) is 0 Å². The molecule has 0 spiro atoms. The molecule has 0 radical (unpaired) electrons. The number of rotatable bonds is 3. The number of nitrogens with one attached hydrogen (secondary N) is 1. The zero-order valence-electron chi connectivity index (χ0n) is 6.28. The Bertz CT molecular complexity index is 129. The summed E-state index contributed by atoms with van der Waals surface area (Å²) in [7, 11) is -2.30. The monoisotopic (exact) mass is 168 g/mol. The van der Waals surface area contributed by atoms with Crippen LogP contribution in [-0.2, 0) is 0 Å². The van der Waals surface area contributed by atoms with E-state index in [1.165, 1.54) is 0 Å². The molecule has 0 heterocycles. The number of hydrogen-bond acceptors (Lipinski definition) is 2. The maximum absolute atomic E-state index is 12.1. The second-order valence-corrected chi connectivity index (χ2v) is 7.22. The Hall–Kier alpha value is -0.210. The molecule has 3 N–H and O–H groups in total. The molecule has 0 aromatic carbocycles. The van der Waals surface area contributed by atoms with Gasteiger partial charge in [-0.25, -0.2) is 0 Å². The Labute approximate surface area is 60.5 Å². The molecule has 0 aliphatic rings. The van der Waals surface area contributed by atoms with Gasteiger partial charge < -0.3 is 0 Å². The molecular formula is C5H14FN2OP. The van der Waals surface area contributed by atoms with Gasteiger partial charge in [0.15, 0.2) is 0 Å². The van der Waals surface area contributed by atoms with Crippen molar-refractivity contribution in [3.05, 3.63) is 0 Å². The molecule has 62 valence electrons. The van der Waals surface area contributed by atoms with Crippen molar-refractivity contribution in [2.45, 2.75) is 0 Å². The van der Waals surface area contributed by atoms with E-state index in [0.717, 1.165) is 0 Å². The van der Waals surface area contributed by atoms with Crippen LogP contribution in [0, 0.1) is 0 Å². The Morgan fingerprint density at radius 3 is 2.50 bits per heavy atom. The number of carbonyl (C=O) groups is 1. The molecule has 0 bridgehead atoms. The van der Waals surface area contributed by atoms with Crippen molar-refractivity contribution >= 4 is 12.9 Å². The quantitative estimate of drug-likeness (QED) is 0.477. The van der Waals surface area contributed by atoms with Gasteiger partial charge in [0.2, 0.25) is 0 Å². The van der Waals surface area contributed by atoms with Crippen LogP contribution in [0.5, 0.6) is 0 Å². The van der Waals surface area contributed by atoms with E-state index in [4.69, 9.17) is 5.73 Å². The molecule has 0 aliphatic carbocycles. The first-order valence-corrected chi connectivity index (χ1v) is 6.29. The predicted octanol–water partition coefficient (Wildman–Crippen LogP) is 0.549. The predicted molar refractivity (Wildman–Crippen MR) is 43.7 cm³/mol. The van der Waals surface area contributed by atoms with Crippen LogP contribution in [0.25, 0.3) is 0 Å². The Morgan fingerprint density at radius 2 is 2.20 bits per heavy atom. The second kappa shape index (κ2) is 3.84. The summed E-state index contributed by atoms with van der Waals surface area (Å²) in [5.41, 5.74) is 4.84. The van der Waals surface area contributed by atoms with Crippen molar-refractivity contribution in [1.29, 1.82) is 0 Å². The molecule has 0 aromatic heterocycles. The fourth-order valence-corrected chi connectivity index (χ4v) is 1.09. The fraction of sp³-hybridized carbons (Fsp3) is 0.800. The van der Waals surface area contributed by atoms with Gasteiger partial charge in [0.1, 0.15) is 0 Å². The van der Waals surface area contributed by atoms with E-state index >= 15 is 0 Å². The van der Waals surface area contributed by atoms with Gasteiger partial charge in [-0.3, -0.25) is 0 Å². The summed E-state index contributed by atoms with van der Waals surface area (Å²) >= 11 is 0. The molecule has 0 fully saturated rings. The summed E-state index contributed by atoms with van der Waals surface area (Å²) < 4.78 is 12.1. The van der Waals surface area contributed by atoms with Gasteiger partial charge in [-0.05, 0) is 0 Å². The molecular weight excluding hydrogens is 154 g/mol. The molecule has 1 amide bonds. The Balaban J connectivity index is 3.91. The minimum atomic E-state index is -2.30. The van der Waals surface area contributed by atoms with Gasteiger partial charge in [-0.1, -0.05) is 0 Å². The van der Waals surface area contributed by atoms with E-state index in [1.54, 1.807) is 13.3 Å². The van der Waals surface area contributed by atoms with E-state index < -0.39 is 13.7 Å². The van der Waals surface area contributed by atoms with Crippen LogP contribution >= 0.6 is 7.26 Å². The third-order valence-corrected chi connectivity index (χ3v) is 3.29. The summed E-state index contributed by atoms with van der Waals surface area (Å²) in [6, 6.07) is 0. The maximum atomic E-state index is 12.1. The van der Waals surface area contributed by atoms with Crippen LogP contribution in [0.3, 0.4) is 0 Å². The number of halogens is 1. The van der Waals surface area contributed by atoms with Crippen LogP contribution in [0.4, 0.5) is 9.18 Å². The third kappa shape index (κ3) is 2.58. The average molecular weight is 168 g/mol. The van der Waals surface area contributed by atoms with Crippen molar-refractivity contribution in [3.63, 3.8) is 0 Å². The average Bonchev–Trinajstić information content (AvgIpc) is 1.89. The summed E-state index contributed by atoms with van der Waals surface area (Å²) in [4.78, 5) is 10.9. The summed E-state index contributed by atoms with van der Waals surface area (Å²) in [6.07, 6.45) is -0.529. The Kier molecular flexibility index (Phi) is 3.76. The van der Waals surface area contributed by atoms with Crippen molar-refractivity contribution < 1.29 is 9.18 Å². The first kappa shape index (κ1) is 9.79. The van der Waals surface area contributed by atoms with Crippen molar-refractivity contribution in [1.82, 2.24) is 5.32 Å². The zero-order chi connectivity index (χ0) is 8.20. The number of alkyl halides is 1. The molecule has 3 nitrogen and oxygen atoms in total. The van der Waals surface area contributed by atoms with Crippen LogP contribution < -0.4 is 11.1 Å². The van der Waals surface area contributed by atoms with Gasteiger partial charge in [-0.15, -0.1) is 0 Å². The molecule has 0 saturated heterocycles. The molecule has 0 saturated carbocycles. The van der Waals surface area contributed by atoms with E-state index in [-0.39, 0.29) is 12.3 Å². The molecule has 10 heavy (non-hydrogen) atoms. The first-order valence-electron chi connectivity index (χ1n) is 3.09. The van der Waals surface area contributed by atoms with Crippen LogP contribution in [0.15, 0.2) is 0 Å². The molecule has 0 aliphatic heterocycles.